The van der Waals surface area contributed by atoms with Crippen molar-refractivity contribution >= 4 is 8.25 Å². The van der Waals surface area contributed by atoms with Crippen molar-refractivity contribution in [2.24, 2.45) is 0 Å². The minimum Gasteiger partial charge on any atom is -0.310 e. The van der Waals surface area contributed by atoms with E-state index in [1.807, 2.05) is 13.8 Å². The molecule has 1 unspecified atom stereocenters. The highest BCUT2D eigenvalue weighted by Gasteiger charge is 2.04. The van der Waals surface area contributed by atoms with Gasteiger partial charge in [0.05, 0.1) is 6.61 Å². The van der Waals surface area contributed by atoms with Crippen molar-refractivity contribution in [2.45, 2.75) is 20.8 Å². The molecule has 0 aliphatic heterocycles. The minimum absolute atomic E-state index is 0.430. The molecule has 11 heavy (non-hydrogen) atoms. The first-order valence-electron chi connectivity index (χ1n) is 3.84. The summed E-state index contributed by atoms with van der Waals surface area (Å²) >= 11 is 0. The fourth-order valence-electron chi connectivity index (χ4n) is 0.602. The van der Waals surface area contributed by atoms with Crippen LogP contribution in [0.3, 0.4) is 0 Å². The highest BCUT2D eigenvalue weighted by atomic mass is 31.1. The zero-order valence-corrected chi connectivity index (χ0v) is 8.29. The maximum Gasteiger partial charge on any atom is 0.335 e. The molecule has 0 aromatic heterocycles. The number of rotatable bonds is 6. The first-order chi connectivity index (χ1) is 5.24. The van der Waals surface area contributed by atoms with Gasteiger partial charge in [-0.3, -0.25) is 4.57 Å². The zero-order chi connectivity index (χ0) is 8.69. The van der Waals surface area contributed by atoms with Gasteiger partial charge in [0.15, 0.2) is 0 Å². The summed E-state index contributed by atoms with van der Waals surface area (Å²) in [7, 11) is -2.29. The van der Waals surface area contributed by atoms with E-state index in [1.165, 1.54) is 0 Å². The molecule has 5 heteroatoms. The van der Waals surface area contributed by atoms with Crippen molar-refractivity contribution in [3.8, 4) is 0 Å². The summed E-state index contributed by atoms with van der Waals surface area (Å²) < 4.78 is 20.6. The average molecular weight is 181 g/mol. The van der Waals surface area contributed by atoms with Crippen LogP contribution >= 0.6 is 8.25 Å². The van der Waals surface area contributed by atoms with E-state index in [1.54, 1.807) is 12.0 Å². The number of hydroxylamine groups is 2. The topological polar surface area (TPSA) is 38.8 Å². The molecule has 0 aliphatic rings. The van der Waals surface area contributed by atoms with E-state index in [0.29, 0.717) is 6.61 Å². The van der Waals surface area contributed by atoms with Crippen molar-refractivity contribution in [1.82, 2.24) is 5.06 Å². The maximum atomic E-state index is 10.9. The molecule has 0 fully saturated rings. The van der Waals surface area contributed by atoms with Gasteiger partial charge in [-0.1, -0.05) is 13.8 Å². The Kier molecular flexibility index (Phi) is 6.87. The fourth-order valence-corrected chi connectivity index (χ4v) is 1.36. The Morgan fingerprint density at radius 3 is 2.18 bits per heavy atom. The molecule has 1 atom stereocenters. The van der Waals surface area contributed by atoms with Crippen LogP contribution in [0.2, 0.25) is 0 Å². The van der Waals surface area contributed by atoms with Crippen LogP contribution < -0.4 is 0 Å². The normalized spacial score (nSPS) is 13.8. The van der Waals surface area contributed by atoms with Gasteiger partial charge in [0.2, 0.25) is 0 Å². The second kappa shape index (κ2) is 6.80. The van der Waals surface area contributed by atoms with Crippen LogP contribution in [-0.4, -0.2) is 24.8 Å². The van der Waals surface area contributed by atoms with Crippen molar-refractivity contribution in [1.29, 1.82) is 0 Å². The Morgan fingerprint density at radius 1 is 1.27 bits per heavy atom. The van der Waals surface area contributed by atoms with Gasteiger partial charge in [0.25, 0.3) is 0 Å². The molecule has 68 valence electrons. The second-order valence-electron chi connectivity index (χ2n) is 1.89. The van der Waals surface area contributed by atoms with Crippen LogP contribution in [0.25, 0.3) is 0 Å². The van der Waals surface area contributed by atoms with E-state index in [-0.39, 0.29) is 0 Å². The van der Waals surface area contributed by atoms with Gasteiger partial charge >= 0.3 is 8.25 Å². The predicted octanol–water partition coefficient (Wildman–Crippen LogP) is 1.69. The van der Waals surface area contributed by atoms with E-state index < -0.39 is 8.25 Å². The van der Waals surface area contributed by atoms with Gasteiger partial charge in [-0.25, -0.2) is 4.62 Å². The Labute approximate surface area is 68.4 Å². The van der Waals surface area contributed by atoms with Crippen LogP contribution in [0.5, 0.6) is 0 Å². The quantitative estimate of drug-likeness (QED) is 0.461. The lowest BCUT2D eigenvalue weighted by Gasteiger charge is -2.16. The molecule has 0 rings (SSSR count). The number of hydrogen-bond donors (Lipinski definition) is 0. The molecular weight excluding hydrogens is 165 g/mol. The highest BCUT2D eigenvalue weighted by molar-refractivity contribution is 7.33. The molecule has 4 nitrogen and oxygen atoms in total. The summed E-state index contributed by atoms with van der Waals surface area (Å²) in [5.74, 6) is 0. The summed E-state index contributed by atoms with van der Waals surface area (Å²) in [6.45, 7) is 7.53. The molecule has 0 saturated carbocycles. The number of nitrogens with zero attached hydrogens (tertiary/aromatic N) is 1. The molecule has 0 aromatic rings. The van der Waals surface area contributed by atoms with Crippen molar-refractivity contribution in [3.05, 3.63) is 0 Å². The fraction of sp³-hybridized carbons (Fsp3) is 1.00. The van der Waals surface area contributed by atoms with Gasteiger partial charge in [0, 0.05) is 13.1 Å². The second-order valence-corrected chi connectivity index (χ2v) is 2.86. The summed E-state index contributed by atoms with van der Waals surface area (Å²) in [6.07, 6.45) is 0. The molecule has 0 amide bonds. The molecule has 0 heterocycles. The van der Waals surface area contributed by atoms with Crippen LogP contribution in [0, 0.1) is 0 Å². The van der Waals surface area contributed by atoms with E-state index in [4.69, 9.17) is 9.15 Å². The van der Waals surface area contributed by atoms with Gasteiger partial charge in [-0.05, 0) is 6.92 Å². The molecule has 0 aromatic carbocycles. The average Bonchev–Trinajstić information content (AvgIpc) is 2.01. The first-order valence-corrected chi connectivity index (χ1v) is 5.06. The lowest BCUT2D eigenvalue weighted by Crippen LogP contribution is -2.20. The van der Waals surface area contributed by atoms with Gasteiger partial charge in [-0.15, -0.1) is 0 Å². The Morgan fingerprint density at radius 2 is 1.82 bits per heavy atom. The van der Waals surface area contributed by atoms with E-state index in [2.05, 4.69) is 0 Å². The summed E-state index contributed by atoms with van der Waals surface area (Å²) in [5, 5.41) is 1.61. The van der Waals surface area contributed by atoms with Gasteiger partial charge in [0.1, 0.15) is 0 Å². The third-order valence-electron chi connectivity index (χ3n) is 1.17. The van der Waals surface area contributed by atoms with Gasteiger partial charge in [-0.2, -0.15) is 5.06 Å². The monoisotopic (exact) mass is 181 g/mol. The number of hydrogen-bond acceptors (Lipinski definition) is 4. The van der Waals surface area contributed by atoms with Crippen molar-refractivity contribution in [2.75, 3.05) is 19.7 Å². The third-order valence-corrected chi connectivity index (χ3v) is 2.10. The SMILES string of the molecule is CCO[PH](=O)ON(CC)CC. The predicted molar refractivity (Wildman–Crippen MR) is 44.6 cm³/mol. The molecular formula is C6H16NO3P. The maximum absolute atomic E-state index is 10.9. The standard InChI is InChI=1S/C6H16NO3P/c1-4-7(5-2)10-11(8)9-6-3/h11H,4-6H2,1-3H3. The van der Waals surface area contributed by atoms with Crippen molar-refractivity contribution in [3.63, 3.8) is 0 Å². The van der Waals surface area contributed by atoms with Crippen molar-refractivity contribution < 1.29 is 13.7 Å². The lowest BCUT2D eigenvalue weighted by atomic mass is 10.6. The third kappa shape index (κ3) is 5.39. The van der Waals surface area contributed by atoms with Crippen LogP contribution in [0.15, 0.2) is 0 Å². The molecule has 0 radical (unpaired) electrons. The van der Waals surface area contributed by atoms with Crippen LogP contribution in [0.1, 0.15) is 20.8 Å². The molecule has 0 spiro atoms. The minimum atomic E-state index is -2.29. The Hall–Kier alpha value is 0.110. The van der Waals surface area contributed by atoms with E-state index in [9.17, 15) is 4.57 Å². The van der Waals surface area contributed by atoms with Crippen LogP contribution in [-0.2, 0) is 13.7 Å². The van der Waals surface area contributed by atoms with Crippen LogP contribution in [0.4, 0.5) is 0 Å². The van der Waals surface area contributed by atoms with E-state index >= 15 is 0 Å². The molecule has 0 N–H and O–H groups in total. The summed E-state index contributed by atoms with van der Waals surface area (Å²) in [5.41, 5.74) is 0. The Bertz CT molecular complexity index is 116. The summed E-state index contributed by atoms with van der Waals surface area (Å²) in [6, 6.07) is 0. The Balaban J connectivity index is 3.54. The summed E-state index contributed by atoms with van der Waals surface area (Å²) in [4.78, 5) is 0. The smallest absolute Gasteiger partial charge is 0.310 e. The largest absolute Gasteiger partial charge is 0.335 e. The lowest BCUT2D eigenvalue weighted by molar-refractivity contribution is -0.0543. The van der Waals surface area contributed by atoms with E-state index in [0.717, 1.165) is 13.1 Å². The molecule has 0 bridgehead atoms. The zero-order valence-electron chi connectivity index (χ0n) is 7.29. The molecule has 0 saturated heterocycles. The van der Waals surface area contributed by atoms with Gasteiger partial charge < -0.3 is 4.52 Å². The highest BCUT2D eigenvalue weighted by Crippen LogP contribution is 2.24. The molecule has 0 aliphatic carbocycles. The first kappa shape index (κ1) is 11.1.